The summed E-state index contributed by atoms with van der Waals surface area (Å²) in [5.41, 5.74) is 3.02. The summed E-state index contributed by atoms with van der Waals surface area (Å²) in [5.74, 6) is -1.01. The van der Waals surface area contributed by atoms with Crippen LogP contribution in [0.1, 0.15) is 17.3 Å². The minimum Gasteiger partial charge on any atom is -0.343 e. The van der Waals surface area contributed by atoms with Gasteiger partial charge in [0.25, 0.3) is 5.91 Å². The van der Waals surface area contributed by atoms with Crippen LogP contribution in [-0.2, 0) is 14.4 Å². The number of hydrogen-bond acceptors (Lipinski definition) is 4. The largest absolute Gasteiger partial charge is 0.343 e. The molecule has 0 saturated carbocycles. The molecular weight excluding hydrogens is 444 g/mol. The van der Waals surface area contributed by atoms with Crippen molar-refractivity contribution in [2.45, 2.75) is 19.0 Å². The number of hydrogen-bond donors (Lipinski definition) is 2. The molecule has 33 heavy (non-hydrogen) atoms. The van der Waals surface area contributed by atoms with Gasteiger partial charge in [-0.15, -0.1) is 0 Å². The third-order valence-corrected chi connectivity index (χ3v) is 6.17. The molecule has 4 amide bonds. The summed E-state index contributed by atoms with van der Waals surface area (Å²) < 4.78 is 0. The van der Waals surface area contributed by atoms with E-state index in [1.807, 2.05) is 18.2 Å². The zero-order valence-corrected chi connectivity index (χ0v) is 18.8. The van der Waals surface area contributed by atoms with Gasteiger partial charge in [-0.25, -0.2) is 0 Å². The number of halogens is 1. The predicted octanol–water partition coefficient (Wildman–Crippen LogP) is 2.30. The Balaban J connectivity index is 1.60. The van der Waals surface area contributed by atoms with Gasteiger partial charge in [-0.3, -0.25) is 19.2 Å². The van der Waals surface area contributed by atoms with Crippen LogP contribution in [0.2, 0.25) is 5.02 Å². The van der Waals surface area contributed by atoms with Gasteiger partial charge >= 0.3 is 0 Å². The molecule has 2 heterocycles. The van der Waals surface area contributed by atoms with Gasteiger partial charge in [-0.2, -0.15) is 0 Å². The highest BCUT2D eigenvalue weighted by Gasteiger charge is 2.41. The second-order valence-corrected chi connectivity index (χ2v) is 8.56. The number of benzene rings is 2. The standard InChI is InChI=1S/C24H23ClN4O4/c1-14(2)21(26-13-30)24(33)28-9-10-29-20(12-28)22(31)27-19-8-5-16(11-18(19)23(29)32)15-3-6-17(25)7-4-15/h3-8,11,13,20-21H,1,9-10,12H2,2H3,(H,26,30)(H,27,31)/t20?,21-/m1/s1. The van der Waals surface area contributed by atoms with Crippen molar-refractivity contribution in [2.24, 2.45) is 0 Å². The molecule has 1 saturated heterocycles. The average Bonchev–Trinajstić information content (AvgIpc) is 2.91. The van der Waals surface area contributed by atoms with E-state index in [1.54, 1.807) is 31.2 Å². The molecular formula is C24H23ClN4O4. The molecule has 0 aliphatic carbocycles. The molecule has 0 bridgehead atoms. The smallest absolute Gasteiger partial charge is 0.256 e. The number of amides is 4. The van der Waals surface area contributed by atoms with Crippen LogP contribution in [0.5, 0.6) is 0 Å². The summed E-state index contributed by atoms with van der Waals surface area (Å²) in [5, 5.41) is 5.90. The van der Waals surface area contributed by atoms with E-state index in [0.29, 0.717) is 28.3 Å². The molecule has 9 heteroatoms. The van der Waals surface area contributed by atoms with E-state index >= 15 is 0 Å². The van der Waals surface area contributed by atoms with E-state index in [1.165, 1.54) is 9.80 Å². The summed E-state index contributed by atoms with van der Waals surface area (Å²) in [7, 11) is 0. The van der Waals surface area contributed by atoms with E-state index in [0.717, 1.165) is 11.1 Å². The monoisotopic (exact) mass is 466 g/mol. The van der Waals surface area contributed by atoms with E-state index in [2.05, 4.69) is 17.2 Å². The molecule has 1 unspecified atom stereocenters. The first-order valence-electron chi connectivity index (χ1n) is 10.5. The highest BCUT2D eigenvalue weighted by Crippen LogP contribution is 2.31. The molecule has 2 N–H and O–H groups in total. The average molecular weight is 467 g/mol. The molecule has 8 nitrogen and oxygen atoms in total. The highest BCUT2D eigenvalue weighted by atomic mass is 35.5. The third kappa shape index (κ3) is 4.34. The molecule has 2 atom stereocenters. The van der Waals surface area contributed by atoms with Gasteiger partial charge in [0.2, 0.25) is 18.2 Å². The maximum absolute atomic E-state index is 13.4. The minimum atomic E-state index is -0.877. The van der Waals surface area contributed by atoms with Crippen LogP contribution >= 0.6 is 11.6 Å². The van der Waals surface area contributed by atoms with Gasteiger partial charge in [0, 0.05) is 18.1 Å². The number of nitrogens with zero attached hydrogens (tertiary/aromatic N) is 2. The van der Waals surface area contributed by atoms with Crippen LogP contribution in [0.15, 0.2) is 54.6 Å². The maximum atomic E-state index is 13.4. The van der Waals surface area contributed by atoms with Crippen LogP contribution in [0, 0.1) is 0 Å². The molecule has 170 valence electrons. The zero-order chi connectivity index (χ0) is 23.7. The Kier molecular flexibility index (Phi) is 6.20. The lowest BCUT2D eigenvalue weighted by atomic mass is 10.0. The lowest BCUT2D eigenvalue weighted by Crippen LogP contribution is -2.61. The van der Waals surface area contributed by atoms with E-state index in [4.69, 9.17) is 11.6 Å². The molecule has 2 aromatic carbocycles. The Morgan fingerprint density at radius 2 is 1.88 bits per heavy atom. The van der Waals surface area contributed by atoms with Crippen molar-refractivity contribution >= 4 is 41.4 Å². The van der Waals surface area contributed by atoms with Crippen LogP contribution in [0.4, 0.5) is 5.69 Å². The first kappa shape index (κ1) is 22.5. The summed E-state index contributed by atoms with van der Waals surface area (Å²) in [6.45, 7) is 5.86. The highest BCUT2D eigenvalue weighted by molar-refractivity contribution is 6.30. The molecule has 2 aliphatic heterocycles. The second kappa shape index (κ2) is 9.07. The van der Waals surface area contributed by atoms with Gasteiger partial charge < -0.3 is 20.4 Å². The fraction of sp³-hybridized carbons (Fsp3) is 0.250. The Morgan fingerprint density at radius 3 is 2.55 bits per heavy atom. The van der Waals surface area contributed by atoms with Crippen LogP contribution in [0.3, 0.4) is 0 Å². The van der Waals surface area contributed by atoms with Gasteiger partial charge in [-0.1, -0.05) is 36.4 Å². The molecule has 0 spiro atoms. The Labute approximate surface area is 196 Å². The number of rotatable bonds is 5. The number of carbonyl (C=O) groups excluding carboxylic acids is 4. The first-order valence-corrected chi connectivity index (χ1v) is 10.8. The van der Waals surface area contributed by atoms with E-state index < -0.39 is 12.1 Å². The van der Waals surface area contributed by atoms with Crippen molar-refractivity contribution in [1.82, 2.24) is 15.1 Å². The zero-order valence-electron chi connectivity index (χ0n) is 18.0. The summed E-state index contributed by atoms with van der Waals surface area (Å²) in [6, 6.07) is 10.9. The topological polar surface area (TPSA) is 98.8 Å². The van der Waals surface area contributed by atoms with Gasteiger partial charge in [0.15, 0.2) is 0 Å². The maximum Gasteiger partial charge on any atom is 0.256 e. The second-order valence-electron chi connectivity index (χ2n) is 8.12. The summed E-state index contributed by atoms with van der Waals surface area (Å²) >= 11 is 5.98. The third-order valence-electron chi connectivity index (χ3n) is 5.92. The number of piperazine rings is 1. The summed E-state index contributed by atoms with van der Waals surface area (Å²) in [6.07, 6.45) is 0.449. The van der Waals surface area contributed by atoms with Crippen LogP contribution in [-0.4, -0.2) is 65.6 Å². The van der Waals surface area contributed by atoms with E-state index in [9.17, 15) is 19.2 Å². The van der Waals surface area contributed by atoms with Crippen molar-refractivity contribution < 1.29 is 19.2 Å². The number of carbonyl (C=O) groups is 4. The van der Waals surface area contributed by atoms with Crippen LogP contribution < -0.4 is 10.6 Å². The van der Waals surface area contributed by atoms with Gasteiger partial charge in [0.1, 0.15) is 12.1 Å². The van der Waals surface area contributed by atoms with Gasteiger partial charge in [0.05, 0.1) is 17.8 Å². The van der Waals surface area contributed by atoms with Crippen molar-refractivity contribution in [2.75, 3.05) is 25.0 Å². The first-order chi connectivity index (χ1) is 15.8. The molecule has 2 aliphatic rings. The lowest BCUT2D eigenvalue weighted by Gasteiger charge is -2.40. The van der Waals surface area contributed by atoms with Crippen molar-refractivity contribution in [3.8, 4) is 11.1 Å². The molecule has 1 fully saturated rings. The molecule has 0 aromatic heterocycles. The normalized spacial score (nSPS) is 18.4. The molecule has 0 radical (unpaired) electrons. The Bertz CT molecular complexity index is 1150. The van der Waals surface area contributed by atoms with Crippen LogP contribution in [0.25, 0.3) is 11.1 Å². The van der Waals surface area contributed by atoms with E-state index in [-0.39, 0.29) is 37.4 Å². The molecule has 2 aromatic rings. The van der Waals surface area contributed by atoms with Crippen molar-refractivity contribution in [3.63, 3.8) is 0 Å². The lowest BCUT2D eigenvalue weighted by molar-refractivity contribution is -0.137. The number of anilines is 1. The van der Waals surface area contributed by atoms with Gasteiger partial charge in [-0.05, 0) is 47.9 Å². The quantitative estimate of drug-likeness (QED) is 0.521. The van der Waals surface area contributed by atoms with Crippen molar-refractivity contribution in [1.29, 1.82) is 0 Å². The fourth-order valence-corrected chi connectivity index (χ4v) is 4.27. The SMILES string of the molecule is C=C(C)[C@@H](NC=O)C(=O)N1CCN2C(=O)c3cc(-c4ccc(Cl)cc4)ccc3NC(=O)C2C1. The fourth-order valence-electron chi connectivity index (χ4n) is 4.15. The Morgan fingerprint density at radius 1 is 1.18 bits per heavy atom. The number of nitrogens with one attached hydrogen (secondary N) is 2. The molecule has 4 rings (SSSR count). The minimum absolute atomic E-state index is 0.0265. The summed E-state index contributed by atoms with van der Waals surface area (Å²) in [4.78, 5) is 53.2. The predicted molar refractivity (Wildman–Crippen MR) is 125 cm³/mol. The number of fused-ring (bicyclic) bond motifs is 2. The van der Waals surface area contributed by atoms with Crippen molar-refractivity contribution in [3.05, 3.63) is 65.2 Å². The Hall–Kier alpha value is -3.65.